The summed E-state index contributed by atoms with van der Waals surface area (Å²) in [5, 5.41) is 0. The number of carbonyl (C=O) groups is 1. The Bertz CT molecular complexity index is 1210. The predicted octanol–water partition coefficient (Wildman–Crippen LogP) is 2.32. The quantitative estimate of drug-likeness (QED) is 0.540. The van der Waals surface area contributed by atoms with Crippen molar-refractivity contribution in [3.05, 3.63) is 54.5 Å². The molecule has 0 radical (unpaired) electrons. The standard InChI is InChI=1S/C22H21N7O2/c1-28-8-10-29(11-9-28)22(30)15-4-2-14(3-5-15)16-13-25-20(23)19(26-16)21-27-17-12-24-7-6-18(17)31-21/h2-7,12-13H,8-11H2,1H3,(H2,23,25)/i22+2. The molecule has 9 heteroatoms. The van der Waals surface area contributed by atoms with Gasteiger partial charge in [-0.15, -0.1) is 0 Å². The minimum absolute atomic E-state index is 0.0452. The number of aromatic nitrogens is 4. The van der Waals surface area contributed by atoms with Gasteiger partial charge in [-0.05, 0) is 19.2 Å². The lowest BCUT2D eigenvalue weighted by Crippen LogP contribution is -2.47. The van der Waals surface area contributed by atoms with E-state index in [1.807, 2.05) is 29.2 Å². The normalized spacial score (nSPS) is 14.8. The SMILES string of the molecule is CN1CCN([14C](=O)c2ccc(-c3cnc(N)c(-c4nc5cnccc5o4)n3)cc2)CC1. The molecule has 0 atom stereocenters. The van der Waals surface area contributed by atoms with Crippen LogP contribution in [0.15, 0.2) is 53.3 Å². The van der Waals surface area contributed by atoms with Crippen molar-refractivity contribution < 1.29 is 9.21 Å². The average molecular weight is 417 g/mol. The van der Waals surface area contributed by atoms with Crippen LogP contribution < -0.4 is 5.73 Å². The van der Waals surface area contributed by atoms with E-state index >= 15 is 0 Å². The summed E-state index contributed by atoms with van der Waals surface area (Å²) in [5.74, 6) is 0.561. The number of nitrogens with zero attached hydrogens (tertiary/aromatic N) is 6. The van der Waals surface area contributed by atoms with E-state index in [1.165, 1.54) is 0 Å². The van der Waals surface area contributed by atoms with Gasteiger partial charge in [-0.25, -0.2) is 15.0 Å². The number of anilines is 1. The molecule has 1 amide bonds. The molecule has 1 aromatic carbocycles. The maximum atomic E-state index is 12.8. The minimum atomic E-state index is 0.0452. The van der Waals surface area contributed by atoms with Crippen LogP contribution in [-0.4, -0.2) is 68.9 Å². The number of piperazine rings is 1. The first kappa shape index (κ1) is 19.1. The van der Waals surface area contributed by atoms with Crippen molar-refractivity contribution in [3.8, 4) is 22.8 Å². The van der Waals surface area contributed by atoms with Crippen molar-refractivity contribution in [1.82, 2.24) is 29.7 Å². The van der Waals surface area contributed by atoms with Crippen LogP contribution in [0, 0.1) is 0 Å². The highest BCUT2D eigenvalue weighted by Gasteiger charge is 2.20. The number of hydrogen-bond donors (Lipinski definition) is 1. The fourth-order valence-electron chi connectivity index (χ4n) is 3.55. The molecule has 4 aromatic rings. The molecule has 0 aliphatic carbocycles. The first-order valence-electron chi connectivity index (χ1n) is 10.0. The third kappa shape index (κ3) is 3.71. The van der Waals surface area contributed by atoms with E-state index < -0.39 is 0 Å². The third-order valence-electron chi connectivity index (χ3n) is 5.41. The molecule has 1 aliphatic heterocycles. The topological polar surface area (TPSA) is 114 Å². The number of carbonyl (C=O) groups excluding carboxylic acids is 1. The van der Waals surface area contributed by atoms with Crippen LogP contribution in [0.2, 0.25) is 0 Å². The number of nitrogen functional groups attached to an aromatic ring is 1. The molecule has 0 saturated carbocycles. The van der Waals surface area contributed by atoms with Crippen molar-refractivity contribution >= 4 is 22.8 Å². The van der Waals surface area contributed by atoms with E-state index in [0.29, 0.717) is 28.1 Å². The van der Waals surface area contributed by atoms with Gasteiger partial charge in [-0.3, -0.25) is 9.78 Å². The molecule has 0 unspecified atom stereocenters. The molecule has 0 spiro atoms. The summed E-state index contributed by atoms with van der Waals surface area (Å²) < 4.78 is 5.76. The molecule has 31 heavy (non-hydrogen) atoms. The Labute approximate surface area is 178 Å². The number of nitrogens with two attached hydrogens (primary N) is 1. The zero-order valence-electron chi connectivity index (χ0n) is 17.0. The lowest BCUT2D eigenvalue weighted by molar-refractivity contribution is 0.0664. The third-order valence-corrected chi connectivity index (χ3v) is 5.41. The molecule has 1 saturated heterocycles. The summed E-state index contributed by atoms with van der Waals surface area (Å²) in [4.78, 5) is 34.2. The Morgan fingerprint density at radius 3 is 2.55 bits per heavy atom. The van der Waals surface area contributed by atoms with Crippen LogP contribution in [0.1, 0.15) is 10.4 Å². The summed E-state index contributed by atoms with van der Waals surface area (Å²) in [6.07, 6.45) is 4.85. The van der Waals surface area contributed by atoms with E-state index in [2.05, 4.69) is 31.9 Å². The Morgan fingerprint density at radius 1 is 1.03 bits per heavy atom. The molecular formula is C22H21N7O2. The van der Waals surface area contributed by atoms with Crippen LogP contribution in [0.3, 0.4) is 0 Å². The Balaban J connectivity index is 1.41. The minimum Gasteiger partial charge on any atom is -0.434 e. The van der Waals surface area contributed by atoms with E-state index in [-0.39, 0.29) is 17.6 Å². The van der Waals surface area contributed by atoms with Gasteiger partial charge >= 0.3 is 0 Å². The number of oxazole rings is 1. The van der Waals surface area contributed by atoms with Crippen LogP contribution in [-0.2, 0) is 0 Å². The summed E-state index contributed by atoms with van der Waals surface area (Å²) in [6.45, 7) is 3.26. The van der Waals surface area contributed by atoms with Gasteiger partial charge in [0.1, 0.15) is 5.52 Å². The van der Waals surface area contributed by atoms with Gasteiger partial charge in [-0.2, -0.15) is 0 Å². The van der Waals surface area contributed by atoms with Gasteiger partial charge in [0, 0.05) is 49.6 Å². The molecule has 2 N–H and O–H groups in total. The molecule has 4 heterocycles. The Morgan fingerprint density at radius 2 is 1.81 bits per heavy atom. The first-order valence-corrected chi connectivity index (χ1v) is 10.0. The average Bonchev–Trinajstić information content (AvgIpc) is 3.24. The van der Waals surface area contributed by atoms with Crippen LogP contribution in [0.25, 0.3) is 33.9 Å². The summed E-state index contributed by atoms with van der Waals surface area (Å²) in [7, 11) is 2.07. The molecule has 1 fully saturated rings. The van der Waals surface area contributed by atoms with Gasteiger partial charge in [-0.1, -0.05) is 12.1 Å². The van der Waals surface area contributed by atoms with Gasteiger partial charge < -0.3 is 20.0 Å². The second kappa shape index (κ2) is 7.77. The van der Waals surface area contributed by atoms with E-state index in [1.54, 1.807) is 24.7 Å². The van der Waals surface area contributed by atoms with Gasteiger partial charge in [0.2, 0.25) is 5.89 Å². The lowest BCUT2D eigenvalue weighted by atomic mass is 10.1. The van der Waals surface area contributed by atoms with E-state index in [0.717, 1.165) is 31.7 Å². The van der Waals surface area contributed by atoms with Crippen molar-refractivity contribution in [1.29, 1.82) is 0 Å². The second-order valence-electron chi connectivity index (χ2n) is 7.52. The maximum absolute atomic E-state index is 12.8. The highest BCUT2D eigenvalue weighted by atomic mass is 16.3. The summed E-state index contributed by atoms with van der Waals surface area (Å²) in [5.41, 5.74) is 9.71. The molecule has 3 aromatic heterocycles. The van der Waals surface area contributed by atoms with Gasteiger partial charge in [0.25, 0.3) is 5.91 Å². The zero-order chi connectivity index (χ0) is 21.4. The molecule has 1 aliphatic rings. The highest BCUT2D eigenvalue weighted by molar-refractivity contribution is 5.94. The Kier molecular flexibility index (Phi) is 4.79. The fraction of sp³-hybridized carbons (Fsp3) is 0.227. The molecular weight excluding hydrogens is 396 g/mol. The van der Waals surface area contributed by atoms with Crippen LogP contribution >= 0.6 is 0 Å². The number of hydrogen-bond acceptors (Lipinski definition) is 8. The van der Waals surface area contributed by atoms with Gasteiger partial charge in [0.05, 0.1) is 18.1 Å². The monoisotopic (exact) mass is 417 g/mol. The number of benzene rings is 1. The first-order chi connectivity index (χ1) is 15.1. The smallest absolute Gasteiger partial charge is 0.253 e. The lowest BCUT2D eigenvalue weighted by Gasteiger charge is -2.32. The summed E-state index contributed by atoms with van der Waals surface area (Å²) in [6, 6.07) is 9.10. The number of likely N-dealkylation sites (N-methyl/N-ethyl adjacent to an activating group) is 1. The molecule has 156 valence electrons. The number of pyridine rings is 1. The van der Waals surface area contributed by atoms with E-state index in [4.69, 9.17) is 10.2 Å². The Hall–Kier alpha value is -3.85. The van der Waals surface area contributed by atoms with Gasteiger partial charge in [0.15, 0.2) is 17.1 Å². The predicted molar refractivity (Wildman–Crippen MR) is 116 cm³/mol. The van der Waals surface area contributed by atoms with Crippen LogP contribution in [0.5, 0.6) is 0 Å². The number of fused-ring (bicyclic) bond motifs is 1. The van der Waals surface area contributed by atoms with Crippen molar-refractivity contribution in [3.63, 3.8) is 0 Å². The van der Waals surface area contributed by atoms with Crippen LogP contribution in [0.4, 0.5) is 5.82 Å². The van der Waals surface area contributed by atoms with Crippen molar-refractivity contribution in [2.75, 3.05) is 39.0 Å². The molecule has 5 rings (SSSR count). The van der Waals surface area contributed by atoms with Crippen molar-refractivity contribution in [2.45, 2.75) is 0 Å². The molecule has 9 nitrogen and oxygen atoms in total. The highest BCUT2D eigenvalue weighted by Crippen LogP contribution is 2.28. The fourth-order valence-corrected chi connectivity index (χ4v) is 3.55. The second-order valence-corrected chi connectivity index (χ2v) is 7.52. The largest absolute Gasteiger partial charge is 0.434 e. The number of rotatable bonds is 3. The zero-order valence-corrected chi connectivity index (χ0v) is 17.0. The van der Waals surface area contributed by atoms with Crippen molar-refractivity contribution in [2.24, 2.45) is 0 Å². The molecule has 0 bridgehead atoms. The maximum Gasteiger partial charge on any atom is 0.253 e. The van der Waals surface area contributed by atoms with E-state index in [9.17, 15) is 4.79 Å². The number of amides is 1. The summed E-state index contributed by atoms with van der Waals surface area (Å²) >= 11 is 0.